The Bertz CT molecular complexity index is 1250. The van der Waals surface area contributed by atoms with Crippen molar-refractivity contribution in [2.45, 2.75) is 37.5 Å². The molecule has 9 nitrogen and oxygen atoms in total. The quantitative estimate of drug-likeness (QED) is 0.469. The number of aliphatic hydroxyl groups excluding tert-OH is 2. The first-order valence-electron chi connectivity index (χ1n) is 8.98. The lowest BCUT2D eigenvalue weighted by Crippen LogP contribution is -2.37. The second-order valence-corrected chi connectivity index (χ2v) is 7.50. The maximum atomic E-state index is 12.5. The van der Waals surface area contributed by atoms with Crippen molar-refractivity contribution in [3.8, 4) is 11.4 Å². The van der Waals surface area contributed by atoms with Gasteiger partial charge in [0.25, 0.3) is 0 Å². The van der Waals surface area contributed by atoms with Gasteiger partial charge in [-0.05, 0) is 31.4 Å². The van der Waals surface area contributed by atoms with Crippen LogP contribution in [0.5, 0.6) is 0 Å². The summed E-state index contributed by atoms with van der Waals surface area (Å²) in [7, 11) is 0. The maximum absolute atomic E-state index is 12.5. The number of aliphatic hydroxyl groups is 2. The van der Waals surface area contributed by atoms with Gasteiger partial charge in [0, 0.05) is 17.3 Å². The van der Waals surface area contributed by atoms with Gasteiger partial charge in [0.15, 0.2) is 11.5 Å². The van der Waals surface area contributed by atoms with E-state index in [1.54, 1.807) is 39.8 Å². The van der Waals surface area contributed by atoms with Gasteiger partial charge in [0.05, 0.1) is 35.7 Å². The van der Waals surface area contributed by atoms with Crippen molar-refractivity contribution >= 4 is 28.3 Å². The summed E-state index contributed by atoms with van der Waals surface area (Å²) in [5.74, 6) is 0.425. The maximum Gasteiger partial charge on any atom is 0.327 e. The van der Waals surface area contributed by atoms with E-state index in [4.69, 9.17) is 11.6 Å². The molecule has 4 aromatic rings. The van der Waals surface area contributed by atoms with E-state index in [-0.39, 0.29) is 11.7 Å². The third kappa shape index (κ3) is 2.70. The molecule has 28 heavy (non-hydrogen) atoms. The van der Waals surface area contributed by atoms with Gasteiger partial charge in [-0.3, -0.25) is 4.57 Å². The zero-order valence-electron chi connectivity index (χ0n) is 14.7. The van der Waals surface area contributed by atoms with E-state index >= 15 is 0 Å². The number of nitrogens with one attached hydrogen (secondary N) is 1. The van der Waals surface area contributed by atoms with E-state index in [0.717, 1.165) is 5.52 Å². The standard InChI is InChI=1S/C18H17ClN6O3/c19-9-3-4-24-13(5-9)11(7-21-24)16-20-8-12-17(23-16)25(18(28)22-12)10-1-2-14(26)15(27)6-10/h3-5,7-8,10,14-15,26-27H,1-2,6H2,(H,22,28)/t10-,14-,15+/m1/s1. The summed E-state index contributed by atoms with van der Waals surface area (Å²) >= 11 is 6.11. The van der Waals surface area contributed by atoms with Crippen molar-refractivity contribution in [2.75, 3.05) is 0 Å². The van der Waals surface area contributed by atoms with Crippen LogP contribution in [0.25, 0.3) is 28.1 Å². The predicted octanol–water partition coefficient (Wildman–Crippen LogP) is 1.53. The van der Waals surface area contributed by atoms with Crippen LogP contribution in [0.15, 0.2) is 35.5 Å². The summed E-state index contributed by atoms with van der Waals surface area (Å²) in [6.45, 7) is 0. The molecule has 0 unspecified atom stereocenters. The summed E-state index contributed by atoms with van der Waals surface area (Å²) in [5.41, 5.74) is 2.13. The van der Waals surface area contributed by atoms with Crippen LogP contribution in [-0.2, 0) is 0 Å². The summed E-state index contributed by atoms with van der Waals surface area (Å²) < 4.78 is 3.23. The molecule has 3 N–H and O–H groups in total. The van der Waals surface area contributed by atoms with Crippen LogP contribution in [-0.4, -0.2) is 51.6 Å². The van der Waals surface area contributed by atoms with Crippen LogP contribution in [0.1, 0.15) is 25.3 Å². The number of hydrogen-bond donors (Lipinski definition) is 3. The molecule has 0 amide bonds. The molecular formula is C18H17ClN6O3. The number of fused-ring (bicyclic) bond motifs is 2. The average Bonchev–Trinajstić information content (AvgIpc) is 3.23. The fourth-order valence-electron chi connectivity index (χ4n) is 3.86. The Morgan fingerprint density at radius 3 is 2.89 bits per heavy atom. The van der Waals surface area contributed by atoms with Gasteiger partial charge in [-0.25, -0.2) is 19.3 Å². The van der Waals surface area contributed by atoms with E-state index in [2.05, 4.69) is 20.1 Å². The highest BCUT2D eigenvalue weighted by molar-refractivity contribution is 6.31. The molecular weight excluding hydrogens is 384 g/mol. The van der Waals surface area contributed by atoms with Crippen LogP contribution >= 0.6 is 11.6 Å². The minimum atomic E-state index is -0.862. The van der Waals surface area contributed by atoms with Gasteiger partial charge in [0.2, 0.25) is 0 Å². The topological polar surface area (TPSA) is 121 Å². The molecule has 0 bridgehead atoms. The van der Waals surface area contributed by atoms with Crippen molar-refractivity contribution in [1.82, 2.24) is 29.1 Å². The highest BCUT2D eigenvalue weighted by Crippen LogP contribution is 2.30. The first-order valence-corrected chi connectivity index (χ1v) is 9.35. The molecule has 0 aromatic carbocycles. The van der Waals surface area contributed by atoms with Crippen LogP contribution in [0.4, 0.5) is 0 Å². The first kappa shape index (κ1) is 17.4. The Hall–Kier alpha value is -2.75. The smallest absolute Gasteiger partial charge is 0.327 e. The van der Waals surface area contributed by atoms with Crippen molar-refractivity contribution in [2.24, 2.45) is 0 Å². The number of pyridine rings is 1. The summed E-state index contributed by atoms with van der Waals surface area (Å²) in [6.07, 6.45) is 4.65. The van der Waals surface area contributed by atoms with Crippen LogP contribution in [0.3, 0.4) is 0 Å². The molecule has 3 atom stereocenters. The number of rotatable bonds is 2. The lowest BCUT2D eigenvalue weighted by Gasteiger charge is -2.30. The summed E-state index contributed by atoms with van der Waals surface area (Å²) in [4.78, 5) is 24.3. The Labute approximate surface area is 163 Å². The van der Waals surface area contributed by atoms with E-state index in [0.29, 0.717) is 46.8 Å². The van der Waals surface area contributed by atoms with Crippen LogP contribution in [0.2, 0.25) is 5.02 Å². The molecule has 144 valence electrons. The van der Waals surface area contributed by atoms with Crippen molar-refractivity contribution in [3.05, 3.63) is 46.2 Å². The van der Waals surface area contributed by atoms with Crippen molar-refractivity contribution in [1.29, 1.82) is 0 Å². The van der Waals surface area contributed by atoms with Crippen molar-refractivity contribution in [3.63, 3.8) is 0 Å². The van der Waals surface area contributed by atoms with Gasteiger partial charge in [-0.2, -0.15) is 5.10 Å². The van der Waals surface area contributed by atoms with Gasteiger partial charge >= 0.3 is 5.69 Å². The predicted molar refractivity (Wildman–Crippen MR) is 102 cm³/mol. The largest absolute Gasteiger partial charge is 0.390 e. The average molecular weight is 401 g/mol. The number of imidazole rings is 1. The molecule has 4 aromatic heterocycles. The second-order valence-electron chi connectivity index (χ2n) is 7.07. The van der Waals surface area contributed by atoms with E-state index < -0.39 is 12.2 Å². The molecule has 1 aliphatic rings. The Morgan fingerprint density at radius 1 is 1.21 bits per heavy atom. The zero-order valence-corrected chi connectivity index (χ0v) is 15.4. The van der Waals surface area contributed by atoms with Gasteiger partial charge in [-0.15, -0.1) is 0 Å². The Morgan fingerprint density at radius 2 is 2.07 bits per heavy atom. The van der Waals surface area contributed by atoms with Gasteiger partial charge < -0.3 is 15.2 Å². The molecule has 0 aliphatic heterocycles. The molecule has 5 rings (SSSR count). The van der Waals surface area contributed by atoms with E-state index in [1.807, 2.05) is 0 Å². The molecule has 1 saturated carbocycles. The minimum absolute atomic E-state index is 0.249. The SMILES string of the molecule is O=c1[nH]c2cnc(-c3cnn4ccc(Cl)cc34)nc2n1[C@@H]1CC[C@@H](O)[C@@H](O)C1. The first-order chi connectivity index (χ1) is 13.5. The zero-order chi connectivity index (χ0) is 19.4. The lowest BCUT2D eigenvalue weighted by atomic mass is 9.90. The molecule has 0 saturated heterocycles. The number of hydrogen-bond acceptors (Lipinski definition) is 6. The molecule has 10 heteroatoms. The molecule has 0 spiro atoms. The third-order valence-corrected chi connectivity index (χ3v) is 5.54. The number of halogens is 1. The summed E-state index contributed by atoms with van der Waals surface area (Å²) in [5, 5.41) is 24.7. The fourth-order valence-corrected chi connectivity index (χ4v) is 4.02. The lowest BCUT2D eigenvalue weighted by molar-refractivity contribution is -0.0229. The second kappa shape index (κ2) is 6.40. The Kier molecular flexibility index (Phi) is 3.97. The van der Waals surface area contributed by atoms with E-state index in [1.165, 1.54) is 0 Å². The molecule has 4 heterocycles. The van der Waals surface area contributed by atoms with Crippen LogP contribution < -0.4 is 5.69 Å². The monoisotopic (exact) mass is 400 g/mol. The summed E-state index contributed by atoms with van der Waals surface area (Å²) in [6, 6.07) is 3.27. The number of nitrogens with zero attached hydrogens (tertiary/aromatic N) is 5. The van der Waals surface area contributed by atoms with E-state index in [9.17, 15) is 15.0 Å². The molecule has 1 fully saturated rings. The third-order valence-electron chi connectivity index (χ3n) is 5.30. The van der Waals surface area contributed by atoms with Gasteiger partial charge in [0.1, 0.15) is 5.52 Å². The van der Waals surface area contributed by atoms with Crippen molar-refractivity contribution < 1.29 is 10.2 Å². The fraction of sp³-hybridized carbons (Fsp3) is 0.333. The number of H-pyrrole nitrogens is 1. The Balaban J connectivity index is 1.65. The highest BCUT2D eigenvalue weighted by atomic mass is 35.5. The molecule has 1 aliphatic carbocycles. The van der Waals surface area contributed by atoms with Crippen LogP contribution in [0, 0.1) is 0 Å². The highest BCUT2D eigenvalue weighted by Gasteiger charge is 2.30. The van der Waals surface area contributed by atoms with Gasteiger partial charge in [-0.1, -0.05) is 11.6 Å². The molecule has 0 radical (unpaired) electrons. The number of aromatic nitrogens is 6. The minimum Gasteiger partial charge on any atom is -0.390 e. The number of aromatic amines is 1. The normalized spacial score (nSPS) is 22.9.